The van der Waals surface area contributed by atoms with E-state index in [4.69, 9.17) is 11.6 Å². The number of carbonyl (C=O) groups excluding carboxylic acids is 1. The quantitative estimate of drug-likeness (QED) is 0.686. The van der Waals surface area contributed by atoms with E-state index < -0.39 is 10.0 Å². The van der Waals surface area contributed by atoms with Gasteiger partial charge in [0.25, 0.3) is 0 Å². The molecule has 31 heavy (non-hydrogen) atoms. The second-order valence-corrected chi connectivity index (χ2v) is 10.6. The first kappa shape index (κ1) is 22.3. The summed E-state index contributed by atoms with van der Waals surface area (Å²) in [6, 6.07) is 16.5. The molecule has 0 N–H and O–H groups in total. The van der Waals surface area contributed by atoms with Crippen molar-refractivity contribution in [1.82, 2.24) is 14.1 Å². The third-order valence-electron chi connectivity index (χ3n) is 6.12. The maximum atomic E-state index is 13.1. The molecule has 2 aliphatic rings. The Morgan fingerprint density at radius 1 is 0.935 bits per heavy atom. The summed E-state index contributed by atoms with van der Waals surface area (Å²) in [5.74, 6) is -0.202. The van der Waals surface area contributed by atoms with Gasteiger partial charge in [-0.15, -0.1) is 0 Å². The van der Waals surface area contributed by atoms with Gasteiger partial charge in [-0.25, -0.2) is 8.42 Å². The zero-order valence-electron chi connectivity index (χ0n) is 17.5. The van der Waals surface area contributed by atoms with Crippen molar-refractivity contribution in [2.75, 3.05) is 39.3 Å². The standard InChI is InChI=1S/C23H28ClN3O3S/c24-21-8-10-22(11-9-21)31(29,30)27-12-4-7-20(18-27)23(28)26-15-13-25(14-16-26)17-19-5-2-1-3-6-19/h1-3,5-6,8-11,20H,4,7,12-18H2/t20-/m0/s1. The molecule has 0 saturated carbocycles. The Kier molecular flexibility index (Phi) is 6.96. The summed E-state index contributed by atoms with van der Waals surface area (Å²) in [6.07, 6.45) is 1.42. The Hall–Kier alpha value is -1.93. The van der Waals surface area contributed by atoms with E-state index in [0.717, 1.165) is 26.1 Å². The van der Waals surface area contributed by atoms with E-state index >= 15 is 0 Å². The lowest BCUT2D eigenvalue weighted by molar-refractivity contribution is -0.138. The van der Waals surface area contributed by atoms with Crippen LogP contribution in [0.1, 0.15) is 18.4 Å². The van der Waals surface area contributed by atoms with Crippen LogP contribution in [0.5, 0.6) is 0 Å². The first-order valence-corrected chi connectivity index (χ1v) is 12.6. The lowest BCUT2D eigenvalue weighted by Gasteiger charge is -2.38. The number of hydrogen-bond donors (Lipinski definition) is 0. The Labute approximate surface area is 189 Å². The molecule has 1 atom stereocenters. The van der Waals surface area contributed by atoms with Gasteiger partial charge < -0.3 is 4.90 Å². The smallest absolute Gasteiger partial charge is 0.243 e. The molecule has 2 heterocycles. The van der Waals surface area contributed by atoms with Crippen LogP contribution in [0.25, 0.3) is 0 Å². The fraction of sp³-hybridized carbons (Fsp3) is 0.435. The highest BCUT2D eigenvalue weighted by Crippen LogP contribution is 2.26. The summed E-state index contributed by atoms with van der Waals surface area (Å²) in [5, 5.41) is 0.497. The van der Waals surface area contributed by atoms with E-state index in [0.29, 0.717) is 31.1 Å². The molecule has 0 unspecified atom stereocenters. The summed E-state index contributed by atoms with van der Waals surface area (Å²) >= 11 is 5.89. The Bertz CT molecular complexity index is 990. The van der Waals surface area contributed by atoms with Gasteiger partial charge in [-0.1, -0.05) is 41.9 Å². The monoisotopic (exact) mass is 461 g/mol. The third-order valence-corrected chi connectivity index (χ3v) is 8.25. The number of carbonyl (C=O) groups is 1. The zero-order chi connectivity index (χ0) is 21.8. The van der Waals surface area contributed by atoms with Crippen molar-refractivity contribution >= 4 is 27.5 Å². The number of hydrogen-bond acceptors (Lipinski definition) is 4. The van der Waals surface area contributed by atoms with E-state index in [-0.39, 0.29) is 23.3 Å². The number of piperidine rings is 1. The summed E-state index contributed by atoms with van der Waals surface area (Å²) in [5.41, 5.74) is 1.28. The van der Waals surface area contributed by atoms with Crippen molar-refractivity contribution in [3.63, 3.8) is 0 Å². The minimum Gasteiger partial charge on any atom is -0.340 e. The van der Waals surface area contributed by atoms with Crippen LogP contribution in [0.2, 0.25) is 5.02 Å². The van der Waals surface area contributed by atoms with Crippen LogP contribution in [0.4, 0.5) is 0 Å². The molecule has 2 aromatic carbocycles. The van der Waals surface area contributed by atoms with Crippen molar-refractivity contribution in [2.24, 2.45) is 5.92 Å². The van der Waals surface area contributed by atoms with Gasteiger partial charge >= 0.3 is 0 Å². The van der Waals surface area contributed by atoms with Crippen molar-refractivity contribution in [3.8, 4) is 0 Å². The van der Waals surface area contributed by atoms with E-state index in [2.05, 4.69) is 17.0 Å². The number of amides is 1. The van der Waals surface area contributed by atoms with Crippen molar-refractivity contribution in [1.29, 1.82) is 0 Å². The first-order chi connectivity index (χ1) is 14.9. The molecule has 0 spiro atoms. The van der Waals surface area contributed by atoms with Crippen LogP contribution in [-0.2, 0) is 21.4 Å². The van der Waals surface area contributed by atoms with Gasteiger partial charge in [-0.05, 0) is 42.7 Å². The van der Waals surface area contributed by atoms with Gasteiger partial charge in [0.1, 0.15) is 0 Å². The normalized spacial score (nSPS) is 21.2. The summed E-state index contributed by atoms with van der Waals surface area (Å²) in [7, 11) is -3.62. The Morgan fingerprint density at radius 2 is 1.61 bits per heavy atom. The van der Waals surface area contributed by atoms with Gasteiger partial charge in [0.05, 0.1) is 10.8 Å². The van der Waals surface area contributed by atoms with Gasteiger partial charge in [-0.3, -0.25) is 9.69 Å². The Balaban J connectivity index is 1.34. The third kappa shape index (κ3) is 5.29. The van der Waals surface area contributed by atoms with Crippen LogP contribution in [0, 0.1) is 5.92 Å². The minimum atomic E-state index is -3.62. The van der Waals surface area contributed by atoms with Gasteiger partial charge in [0.2, 0.25) is 15.9 Å². The van der Waals surface area contributed by atoms with E-state index in [1.54, 1.807) is 12.1 Å². The molecule has 8 heteroatoms. The van der Waals surface area contributed by atoms with E-state index in [1.165, 1.54) is 22.0 Å². The Morgan fingerprint density at radius 3 is 2.29 bits per heavy atom. The number of piperazine rings is 1. The number of benzene rings is 2. The van der Waals surface area contributed by atoms with Crippen LogP contribution in [0.15, 0.2) is 59.5 Å². The molecular formula is C23H28ClN3O3S. The molecule has 0 aromatic heterocycles. The SMILES string of the molecule is O=C([C@H]1CCCN(S(=O)(=O)c2ccc(Cl)cc2)C1)N1CCN(Cc2ccccc2)CC1. The number of halogens is 1. The van der Waals surface area contributed by atoms with Crippen molar-refractivity contribution < 1.29 is 13.2 Å². The highest BCUT2D eigenvalue weighted by Gasteiger charge is 2.35. The van der Waals surface area contributed by atoms with Crippen LogP contribution in [-0.4, -0.2) is 67.7 Å². The molecule has 0 radical (unpaired) electrons. The minimum absolute atomic E-state index is 0.0790. The van der Waals surface area contributed by atoms with Crippen molar-refractivity contribution in [2.45, 2.75) is 24.3 Å². The molecule has 2 aromatic rings. The van der Waals surface area contributed by atoms with Gasteiger partial charge in [0.15, 0.2) is 0 Å². The average Bonchev–Trinajstić information content (AvgIpc) is 2.80. The van der Waals surface area contributed by atoms with Crippen molar-refractivity contribution in [3.05, 3.63) is 65.2 Å². The van der Waals surface area contributed by atoms with E-state index in [1.807, 2.05) is 23.1 Å². The van der Waals surface area contributed by atoms with Crippen LogP contribution in [0.3, 0.4) is 0 Å². The fourth-order valence-electron chi connectivity index (χ4n) is 4.34. The number of sulfonamides is 1. The maximum absolute atomic E-state index is 13.1. The predicted octanol–water partition coefficient (Wildman–Crippen LogP) is 3.09. The fourth-order valence-corrected chi connectivity index (χ4v) is 5.99. The lowest BCUT2D eigenvalue weighted by Crippen LogP contribution is -2.52. The van der Waals surface area contributed by atoms with Gasteiger partial charge in [0, 0.05) is 50.8 Å². The van der Waals surface area contributed by atoms with Crippen LogP contribution < -0.4 is 0 Å². The second-order valence-electron chi connectivity index (χ2n) is 8.24. The number of nitrogens with zero attached hydrogens (tertiary/aromatic N) is 3. The first-order valence-electron chi connectivity index (χ1n) is 10.7. The maximum Gasteiger partial charge on any atom is 0.243 e. The topological polar surface area (TPSA) is 60.9 Å². The average molecular weight is 462 g/mol. The summed E-state index contributed by atoms with van der Waals surface area (Å²) in [4.78, 5) is 17.6. The molecule has 2 fully saturated rings. The lowest BCUT2D eigenvalue weighted by atomic mass is 9.97. The molecule has 2 aliphatic heterocycles. The number of rotatable bonds is 5. The molecular weight excluding hydrogens is 434 g/mol. The molecule has 6 nitrogen and oxygen atoms in total. The predicted molar refractivity (Wildman–Crippen MR) is 121 cm³/mol. The largest absolute Gasteiger partial charge is 0.340 e. The molecule has 2 saturated heterocycles. The highest BCUT2D eigenvalue weighted by atomic mass is 35.5. The molecule has 166 valence electrons. The molecule has 1 amide bonds. The zero-order valence-corrected chi connectivity index (χ0v) is 19.1. The molecule has 0 aliphatic carbocycles. The van der Waals surface area contributed by atoms with Gasteiger partial charge in [-0.2, -0.15) is 4.31 Å². The van der Waals surface area contributed by atoms with E-state index in [9.17, 15) is 13.2 Å². The van der Waals surface area contributed by atoms with Crippen LogP contribution >= 0.6 is 11.6 Å². The summed E-state index contributed by atoms with van der Waals surface area (Å²) < 4.78 is 27.5. The summed E-state index contributed by atoms with van der Waals surface area (Å²) in [6.45, 7) is 4.62. The second kappa shape index (κ2) is 9.69. The molecule has 0 bridgehead atoms. The molecule has 4 rings (SSSR count). The highest BCUT2D eigenvalue weighted by molar-refractivity contribution is 7.89.